The van der Waals surface area contributed by atoms with Crippen LogP contribution in [0, 0.1) is 0 Å². The van der Waals surface area contributed by atoms with Crippen LogP contribution < -0.4 is 5.56 Å². The second kappa shape index (κ2) is 7.37. The summed E-state index contributed by atoms with van der Waals surface area (Å²) in [6, 6.07) is 9.68. The lowest BCUT2D eigenvalue weighted by molar-refractivity contribution is -0.129. The monoisotopic (exact) mass is 343 g/mol. The van der Waals surface area contributed by atoms with Crippen LogP contribution in [0.3, 0.4) is 0 Å². The van der Waals surface area contributed by atoms with Gasteiger partial charge in [-0.3, -0.25) is 14.5 Å². The molecule has 6 nitrogen and oxygen atoms in total. The van der Waals surface area contributed by atoms with Crippen LogP contribution in [0.1, 0.15) is 12.0 Å². The van der Waals surface area contributed by atoms with Crippen LogP contribution in [-0.4, -0.2) is 67.1 Å². The number of hydrogen-bond acceptors (Lipinski definition) is 4. The summed E-state index contributed by atoms with van der Waals surface area (Å²) >= 11 is 0. The van der Waals surface area contributed by atoms with Crippen LogP contribution in [0.4, 0.5) is 0 Å². The normalized spacial score (nSPS) is 20.9. The van der Waals surface area contributed by atoms with E-state index in [4.69, 9.17) is 4.74 Å². The number of aromatic nitrogens is 1. The van der Waals surface area contributed by atoms with Crippen molar-refractivity contribution in [2.75, 3.05) is 34.3 Å². The van der Waals surface area contributed by atoms with Gasteiger partial charge in [0.05, 0.1) is 12.5 Å². The summed E-state index contributed by atoms with van der Waals surface area (Å²) in [6.45, 7) is 1.52. The lowest BCUT2D eigenvalue weighted by Crippen LogP contribution is -2.40. The number of hydrogen-bond donors (Lipinski definition) is 1. The first-order valence-corrected chi connectivity index (χ1v) is 8.56. The topological polar surface area (TPSA) is 65.6 Å². The van der Waals surface area contributed by atoms with E-state index < -0.39 is 0 Å². The molecule has 0 bridgehead atoms. The number of fused-ring (bicyclic) bond motifs is 1. The number of para-hydroxylation sites is 1. The van der Waals surface area contributed by atoms with Gasteiger partial charge in [-0.2, -0.15) is 0 Å². The van der Waals surface area contributed by atoms with E-state index in [-0.39, 0.29) is 30.0 Å². The van der Waals surface area contributed by atoms with Gasteiger partial charge in [0.1, 0.15) is 0 Å². The van der Waals surface area contributed by atoms with Gasteiger partial charge < -0.3 is 14.6 Å². The number of rotatable bonds is 5. The quantitative estimate of drug-likeness (QED) is 0.887. The Morgan fingerprint density at radius 1 is 1.40 bits per heavy atom. The molecule has 0 aliphatic carbocycles. The van der Waals surface area contributed by atoms with Crippen molar-refractivity contribution < 1.29 is 9.53 Å². The number of methoxy groups -OCH3 is 1. The largest absolute Gasteiger partial charge is 0.380 e. The summed E-state index contributed by atoms with van der Waals surface area (Å²) in [5.41, 5.74) is 1.10. The maximum atomic E-state index is 12.6. The molecule has 6 heteroatoms. The Morgan fingerprint density at radius 2 is 2.16 bits per heavy atom. The molecule has 0 saturated carbocycles. The number of benzene rings is 1. The van der Waals surface area contributed by atoms with Crippen molar-refractivity contribution in [3.63, 3.8) is 0 Å². The van der Waals surface area contributed by atoms with Gasteiger partial charge in [-0.25, -0.2) is 0 Å². The predicted molar refractivity (Wildman–Crippen MR) is 97.7 cm³/mol. The van der Waals surface area contributed by atoms with Gasteiger partial charge in [0.25, 0.3) is 5.56 Å². The zero-order valence-electron chi connectivity index (χ0n) is 15.0. The Hall–Kier alpha value is -2.18. The van der Waals surface area contributed by atoms with E-state index in [2.05, 4.69) is 16.9 Å². The number of nitrogens with one attached hydrogen (secondary N) is 1. The molecule has 3 rings (SSSR count). The van der Waals surface area contributed by atoms with Gasteiger partial charge in [-0.05, 0) is 31.0 Å². The van der Waals surface area contributed by atoms with E-state index >= 15 is 0 Å². The zero-order chi connectivity index (χ0) is 18.0. The fourth-order valence-electron chi connectivity index (χ4n) is 3.45. The molecule has 1 aromatic heterocycles. The van der Waals surface area contributed by atoms with E-state index in [1.165, 1.54) is 0 Å². The molecular formula is C19H25N3O3. The highest BCUT2D eigenvalue weighted by Gasteiger charge is 2.31. The van der Waals surface area contributed by atoms with Crippen molar-refractivity contribution in [1.29, 1.82) is 0 Å². The van der Waals surface area contributed by atoms with Gasteiger partial charge in [0.2, 0.25) is 5.91 Å². The van der Waals surface area contributed by atoms with Crippen molar-refractivity contribution in [3.05, 3.63) is 46.2 Å². The van der Waals surface area contributed by atoms with E-state index in [1.54, 1.807) is 19.1 Å². The smallest absolute Gasteiger partial charge is 0.252 e. The summed E-state index contributed by atoms with van der Waals surface area (Å²) in [4.78, 5) is 31.6. The molecule has 0 unspecified atom stereocenters. The van der Waals surface area contributed by atoms with Crippen LogP contribution in [0.2, 0.25) is 0 Å². The number of likely N-dealkylation sites (tertiary alicyclic amines) is 1. The number of carbonyl (C=O) groups is 1. The third-order valence-corrected chi connectivity index (χ3v) is 5.07. The maximum Gasteiger partial charge on any atom is 0.252 e. The van der Waals surface area contributed by atoms with Gasteiger partial charge in [-0.15, -0.1) is 0 Å². The lowest BCUT2D eigenvalue weighted by atomic mass is 10.1. The highest BCUT2D eigenvalue weighted by molar-refractivity contribution is 5.82. The molecule has 25 heavy (non-hydrogen) atoms. The molecule has 1 aliphatic heterocycles. The Labute approximate surface area is 147 Å². The molecule has 1 fully saturated rings. The van der Waals surface area contributed by atoms with E-state index in [9.17, 15) is 9.59 Å². The molecule has 134 valence electrons. The Bertz CT molecular complexity index is 817. The molecular weight excluding hydrogens is 318 g/mol. The van der Waals surface area contributed by atoms with Crippen LogP contribution in [0.15, 0.2) is 35.1 Å². The van der Waals surface area contributed by atoms with Crippen molar-refractivity contribution >= 4 is 16.8 Å². The van der Waals surface area contributed by atoms with Crippen molar-refractivity contribution in [3.8, 4) is 0 Å². The van der Waals surface area contributed by atoms with Gasteiger partial charge in [0.15, 0.2) is 0 Å². The summed E-state index contributed by atoms with van der Waals surface area (Å²) in [7, 11) is 5.57. The third-order valence-electron chi connectivity index (χ3n) is 5.07. The number of carbonyl (C=O) groups excluding carboxylic acids is 1. The lowest BCUT2D eigenvalue weighted by Gasteiger charge is -2.25. The van der Waals surface area contributed by atoms with Crippen LogP contribution in [0.25, 0.3) is 10.9 Å². The molecule has 2 aromatic rings. The first-order chi connectivity index (χ1) is 12.0. The number of likely N-dealkylation sites (N-methyl/N-ethyl adjacent to an activating group) is 2. The summed E-state index contributed by atoms with van der Waals surface area (Å²) < 4.78 is 5.42. The SMILES string of the molecule is CO[C@H]1C[C@@H](CN(C)C(=O)Cc2cc3ccccc3[nH]c2=O)N(C)C1. The minimum atomic E-state index is -0.196. The zero-order valence-corrected chi connectivity index (χ0v) is 15.0. The number of amides is 1. The first-order valence-electron chi connectivity index (χ1n) is 8.56. The summed E-state index contributed by atoms with van der Waals surface area (Å²) in [6.07, 6.45) is 1.25. The highest BCUT2D eigenvalue weighted by atomic mass is 16.5. The molecule has 2 heterocycles. The molecule has 1 N–H and O–H groups in total. The average Bonchev–Trinajstić information content (AvgIpc) is 2.95. The minimum absolute atomic E-state index is 0.0463. The molecule has 1 saturated heterocycles. The fourth-order valence-corrected chi connectivity index (χ4v) is 3.45. The predicted octanol–water partition coefficient (Wildman–Crippen LogP) is 1.25. The highest BCUT2D eigenvalue weighted by Crippen LogP contribution is 2.19. The molecule has 1 amide bonds. The Kier molecular flexibility index (Phi) is 5.20. The third kappa shape index (κ3) is 3.91. The van der Waals surface area contributed by atoms with Crippen LogP contribution in [0.5, 0.6) is 0 Å². The molecule has 1 aromatic carbocycles. The van der Waals surface area contributed by atoms with Crippen LogP contribution >= 0.6 is 0 Å². The standard InChI is InChI=1S/C19H25N3O3/c1-21-12-16(25-3)10-15(21)11-22(2)18(23)9-14-8-13-6-4-5-7-17(13)20-19(14)24/h4-8,15-16H,9-12H2,1-3H3,(H,20,24)/t15-,16-/m0/s1. The van der Waals surface area contributed by atoms with E-state index in [0.717, 1.165) is 23.9 Å². The number of pyridine rings is 1. The maximum absolute atomic E-state index is 12.6. The fraction of sp³-hybridized carbons (Fsp3) is 0.474. The molecule has 0 spiro atoms. The molecule has 0 radical (unpaired) electrons. The second-order valence-electron chi connectivity index (χ2n) is 6.85. The van der Waals surface area contributed by atoms with Crippen molar-refractivity contribution in [1.82, 2.24) is 14.8 Å². The summed E-state index contributed by atoms with van der Waals surface area (Å²) in [5, 5.41) is 0.936. The Balaban J connectivity index is 1.67. The van der Waals surface area contributed by atoms with Gasteiger partial charge in [0, 0.05) is 44.4 Å². The first kappa shape index (κ1) is 17.6. The molecule has 1 aliphatic rings. The number of nitrogens with zero attached hydrogens (tertiary/aromatic N) is 2. The Morgan fingerprint density at radius 3 is 2.88 bits per heavy atom. The van der Waals surface area contributed by atoms with Crippen molar-refractivity contribution in [2.24, 2.45) is 0 Å². The van der Waals surface area contributed by atoms with Gasteiger partial charge >= 0.3 is 0 Å². The number of aromatic amines is 1. The second-order valence-corrected chi connectivity index (χ2v) is 6.85. The molecule has 2 atom stereocenters. The minimum Gasteiger partial charge on any atom is -0.380 e. The average molecular weight is 343 g/mol. The van der Waals surface area contributed by atoms with Crippen molar-refractivity contribution in [2.45, 2.75) is 25.0 Å². The summed E-state index contributed by atoms with van der Waals surface area (Å²) in [5.74, 6) is -0.0463. The van der Waals surface area contributed by atoms with E-state index in [0.29, 0.717) is 12.1 Å². The van der Waals surface area contributed by atoms with E-state index in [1.807, 2.05) is 30.3 Å². The number of ether oxygens (including phenoxy) is 1. The number of H-pyrrole nitrogens is 1. The van der Waals surface area contributed by atoms with Gasteiger partial charge in [-0.1, -0.05) is 18.2 Å². The van der Waals surface area contributed by atoms with Crippen LogP contribution in [-0.2, 0) is 16.0 Å².